The number of rotatable bonds is 5. The lowest BCUT2D eigenvalue weighted by atomic mass is 9.94. The molecule has 0 aliphatic heterocycles. The highest BCUT2D eigenvalue weighted by atomic mass is 15.3. The Hall–Kier alpha value is -1.34. The van der Waals surface area contributed by atoms with Gasteiger partial charge >= 0.3 is 0 Å². The van der Waals surface area contributed by atoms with E-state index in [1.807, 2.05) is 16.9 Å². The number of nitriles is 1. The lowest BCUT2D eigenvalue weighted by Crippen LogP contribution is -2.50. The minimum absolute atomic E-state index is 0.382. The van der Waals surface area contributed by atoms with E-state index in [0.29, 0.717) is 18.5 Å². The van der Waals surface area contributed by atoms with Crippen molar-refractivity contribution in [1.82, 2.24) is 15.1 Å². The van der Waals surface area contributed by atoms with Gasteiger partial charge < -0.3 is 0 Å². The molecule has 1 unspecified atom stereocenters. The van der Waals surface area contributed by atoms with Gasteiger partial charge in [-0.2, -0.15) is 10.4 Å². The van der Waals surface area contributed by atoms with Gasteiger partial charge in [-0.15, -0.1) is 0 Å². The van der Waals surface area contributed by atoms with Crippen LogP contribution in [0.5, 0.6) is 0 Å². The van der Waals surface area contributed by atoms with E-state index >= 15 is 0 Å². The molecule has 0 spiro atoms. The van der Waals surface area contributed by atoms with Crippen molar-refractivity contribution in [2.24, 2.45) is 5.92 Å². The van der Waals surface area contributed by atoms with Crippen molar-refractivity contribution < 1.29 is 0 Å². The third kappa shape index (κ3) is 1.83. The molecule has 16 heavy (non-hydrogen) atoms. The molecule has 1 aromatic rings. The number of hydrogen-bond donors (Lipinski definition) is 1. The predicted octanol–water partition coefficient (Wildman–Crippen LogP) is 1.31. The zero-order valence-electron chi connectivity index (χ0n) is 9.26. The fraction of sp³-hybridized carbons (Fsp3) is 0.667. The minimum Gasteiger partial charge on any atom is -0.295 e. The largest absolute Gasteiger partial charge is 0.295 e. The van der Waals surface area contributed by atoms with Gasteiger partial charge in [0.2, 0.25) is 0 Å². The number of aromatic nitrogens is 2. The van der Waals surface area contributed by atoms with Crippen molar-refractivity contribution in [3.05, 3.63) is 18.5 Å². The smallest absolute Gasteiger partial charge is 0.129 e. The average molecular weight is 216 g/mol. The summed E-state index contributed by atoms with van der Waals surface area (Å²) in [6.07, 6.45) is 8.49. The maximum Gasteiger partial charge on any atom is 0.129 e. The van der Waals surface area contributed by atoms with E-state index in [0.717, 1.165) is 0 Å². The first kappa shape index (κ1) is 9.86. The van der Waals surface area contributed by atoms with Gasteiger partial charge in [0.25, 0.3) is 0 Å². The van der Waals surface area contributed by atoms with Gasteiger partial charge in [-0.25, -0.2) is 0 Å². The topological polar surface area (TPSA) is 53.6 Å². The molecule has 2 fully saturated rings. The van der Waals surface area contributed by atoms with Crippen LogP contribution >= 0.6 is 0 Å². The Balaban J connectivity index is 1.79. The molecule has 2 aliphatic carbocycles. The number of nitrogens with zero attached hydrogens (tertiary/aromatic N) is 3. The second kappa shape index (κ2) is 3.60. The number of nitrogens with one attached hydrogen (secondary N) is 1. The Bertz CT molecular complexity index is 397. The van der Waals surface area contributed by atoms with Crippen molar-refractivity contribution in [3.8, 4) is 6.07 Å². The molecule has 2 aliphatic rings. The van der Waals surface area contributed by atoms with Crippen molar-refractivity contribution >= 4 is 0 Å². The molecule has 1 N–H and O–H groups in total. The van der Waals surface area contributed by atoms with E-state index in [1.54, 1.807) is 6.20 Å². The maximum absolute atomic E-state index is 9.51. The van der Waals surface area contributed by atoms with Crippen LogP contribution in [0.1, 0.15) is 25.7 Å². The summed E-state index contributed by atoms with van der Waals surface area (Å²) in [6.45, 7) is 0.678. The SMILES string of the molecule is N#CC(Cn1cccn1)(NC1CC1)C1CC1. The molecule has 4 nitrogen and oxygen atoms in total. The Kier molecular flexibility index (Phi) is 2.22. The molecule has 0 amide bonds. The summed E-state index contributed by atoms with van der Waals surface area (Å²) in [6, 6.07) is 4.99. The Morgan fingerprint density at radius 3 is 2.75 bits per heavy atom. The summed E-state index contributed by atoms with van der Waals surface area (Å²) >= 11 is 0. The Morgan fingerprint density at radius 1 is 1.44 bits per heavy atom. The van der Waals surface area contributed by atoms with Crippen LogP contribution < -0.4 is 5.32 Å². The molecule has 1 atom stereocenters. The van der Waals surface area contributed by atoms with Gasteiger partial charge in [-0.05, 0) is 37.7 Å². The Morgan fingerprint density at radius 2 is 2.25 bits per heavy atom. The van der Waals surface area contributed by atoms with Crippen LogP contribution in [0.4, 0.5) is 0 Å². The molecule has 1 heterocycles. The Labute approximate surface area is 95.3 Å². The van der Waals surface area contributed by atoms with E-state index < -0.39 is 0 Å². The van der Waals surface area contributed by atoms with Crippen molar-refractivity contribution in [2.75, 3.05) is 0 Å². The van der Waals surface area contributed by atoms with Crippen LogP contribution in [-0.4, -0.2) is 21.4 Å². The van der Waals surface area contributed by atoms with E-state index in [9.17, 15) is 5.26 Å². The third-order valence-electron chi connectivity index (χ3n) is 3.48. The maximum atomic E-state index is 9.51. The van der Waals surface area contributed by atoms with Gasteiger partial charge in [0.15, 0.2) is 0 Å². The van der Waals surface area contributed by atoms with Crippen molar-refractivity contribution in [3.63, 3.8) is 0 Å². The van der Waals surface area contributed by atoms with E-state index in [2.05, 4.69) is 16.5 Å². The molecular formula is C12H16N4. The molecule has 84 valence electrons. The minimum atomic E-state index is -0.382. The average Bonchev–Trinajstić information content (AvgIpc) is 3.19. The summed E-state index contributed by atoms with van der Waals surface area (Å²) in [7, 11) is 0. The fourth-order valence-electron chi connectivity index (χ4n) is 2.27. The molecular weight excluding hydrogens is 200 g/mol. The molecule has 4 heteroatoms. The monoisotopic (exact) mass is 216 g/mol. The lowest BCUT2D eigenvalue weighted by molar-refractivity contribution is 0.302. The molecule has 3 rings (SSSR count). The highest BCUT2D eigenvalue weighted by Gasteiger charge is 2.48. The van der Waals surface area contributed by atoms with Crippen LogP contribution in [0.2, 0.25) is 0 Å². The summed E-state index contributed by atoms with van der Waals surface area (Å²) in [5, 5.41) is 17.3. The zero-order chi connectivity index (χ0) is 11.0. The summed E-state index contributed by atoms with van der Waals surface area (Å²) < 4.78 is 1.87. The molecule has 1 aromatic heterocycles. The molecule has 0 saturated heterocycles. The first-order valence-corrected chi connectivity index (χ1v) is 5.99. The summed E-state index contributed by atoms with van der Waals surface area (Å²) in [5.74, 6) is 0.516. The van der Waals surface area contributed by atoms with Crippen LogP contribution in [-0.2, 0) is 6.54 Å². The molecule has 0 aromatic carbocycles. The van der Waals surface area contributed by atoms with E-state index in [-0.39, 0.29) is 5.54 Å². The van der Waals surface area contributed by atoms with Crippen LogP contribution in [0.25, 0.3) is 0 Å². The van der Waals surface area contributed by atoms with E-state index in [1.165, 1.54) is 25.7 Å². The van der Waals surface area contributed by atoms with Crippen LogP contribution in [0.3, 0.4) is 0 Å². The van der Waals surface area contributed by atoms with Gasteiger partial charge in [-0.1, -0.05) is 0 Å². The van der Waals surface area contributed by atoms with Crippen molar-refractivity contribution in [2.45, 2.75) is 43.8 Å². The number of hydrogen-bond acceptors (Lipinski definition) is 3. The van der Waals surface area contributed by atoms with Crippen LogP contribution in [0, 0.1) is 17.2 Å². The normalized spacial score (nSPS) is 23.7. The lowest BCUT2D eigenvalue weighted by Gasteiger charge is -2.28. The van der Waals surface area contributed by atoms with Crippen LogP contribution in [0.15, 0.2) is 18.5 Å². The molecule has 2 saturated carbocycles. The van der Waals surface area contributed by atoms with Gasteiger partial charge in [0.05, 0.1) is 12.6 Å². The zero-order valence-corrected chi connectivity index (χ0v) is 9.26. The molecule has 0 bridgehead atoms. The second-order valence-electron chi connectivity index (χ2n) is 4.98. The first-order chi connectivity index (χ1) is 7.82. The fourth-order valence-corrected chi connectivity index (χ4v) is 2.27. The highest BCUT2D eigenvalue weighted by Crippen LogP contribution is 2.42. The molecule has 0 radical (unpaired) electrons. The quantitative estimate of drug-likeness (QED) is 0.807. The standard InChI is InChI=1S/C12H16N4/c13-8-12(10-2-3-10,15-11-4-5-11)9-16-7-1-6-14-16/h1,6-7,10-11,15H,2-5,9H2. The van der Waals surface area contributed by atoms with Gasteiger partial charge in [-0.3, -0.25) is 10.00 Å². The highest BCUT2D eigenvalue weighted by molar-refractivity contribution is 5.17. The van der Waals surface area contributed by atoms with Crippen molar-refractivity contribution in [1.29, 1.82) is 5.26 Å². The van der Waals surface area contributed by atoms with Gasteiger partial charge in [0.1, 0.15) is 5.54 Å². The third-order valence-corrected chi connectivity index (χ3v) is 3.48. The first-order valence-electron chi connectivity index (χ1n) is 5.99. The summed E-state index contributed by atoms with van der Waals surface area (Å²) in [5.41, 5.74) is -0.382. The van der Waals surface area contributed by atoms with Gasteiger partial charge in [0, 0.05) is 18.4 Å². The second-order valence-corrected chi connectivity index (χ2v) is 4.98. The summed E-state index contributed by atoms with van der Waals surface area (Å²) in [4.78, 5) is 0. The predicted molar refractivity (Wildman–Crippen MR) is 59.5 cm³/mol. The van der Waals surface area contributed by atoms with E-state index in [4.69, 9.17) is 0 Å².